The third-order valence-corrected chi connectivity index (χ3v) is 6.33. The highest BCUT2D eigenvalue weighted by Gasteiger charge is 2.21. The second-order valence-corrected chi connectivity index (χ2v) is 8.72. The molecule has 1 aliphatic heterocycles. The van der Waals surface area contributed by atoms with Crippen molar-refractivity contribution in [3.8, 4) is 0 Å². The van der Waals surface area contributed by atoms with E-state index in [0.717, 1.165) is 24.3 Å². The summed E-state index contributed by atoms with van der Waals surface area (Å²) in [4.78, 5) is 35.5. The van der Waals surface area contributed by atoms with Crippen LogP contribution in [0, 0.1) is 12.7 Å². The highest BCUT2D eigenvalue weighted by molar-refractivity contribution is 6.32. The van der Waals surface area contributed by atoms with Crippen molar-refractivity contribution in [3.63, 3.8) is 0 Å². The van der Waals surface area contributed by atoms with Crippen LogP contribution in [0.3, 0.4) is 0 Å². The van der Waals surface area contributed by atoms with Gasteiger partial charge in [0.2, 0.25) is 0 Å². The van der Waals surface area contributed by atoms with Crippen molar-refractivity contribution in [1.82, 2.24) is 29.8 Å². The number of H-pyrrole nitrogens is 1. The number of piperazine rings is 1. The third kappa shape index (κ3) is 3.99. The first kappa shape index (κ1) is 22.3. The van der Waals surface area contributed by atoms with Crippen molar-refractivity contribution < 1.29 is 9.18 Å². The van der Waals surface area contributed by atoms with Gasteiger partial charge in [0.25, 0.3) is 11.5 Å². The number of halogens is 2. The van der Waals surface area contributed by atoms with E-state index in [9.17, 15) is 9.59 Å². The van der Waals surface area contributed by atoms with Crippen LogP contribution in [0.2, 0.25) is 5.15 Å². The maximum atomic E-state index is 15.1. The lowest BCUT2D eigenvalue weighted by molar-refractivity contribution is 0.0958. The second kappa shape index (κ2) is 8.69. The summed E-state index contributed by atoms with van der Waals surface area (Å²) in [5.41, 5.74) is 3.18. The number of fused-ring (bicyclic) bond motifs is 3. The molecule has 0 radical (unpaired) electrons. The predicted molar refractivity (Wildman–Crippen MR) is 128 cm³/mol. The minimum Gasteiger partial charge on any atom is -0.366 e. The fourth-order valence-electron chi connectivity index (χ4n) is 4.40. The second-order valence-electron chi connectivity index (χ2n) is 8.36. The molecule has 0 unspecified atom stereocenters. The van der Waals surface area contributed by atoms with Crippen LogP contribution < -0.4 is 15.8 Å². The molecule has 0 bridgehead atoms. The first-order chi connectivity index (χ1) is 16.3. The lowest BCUT2D eigenvalue weighted by Crippen LogP contribution is -2.46. The van der Waals surface area contributed by atoms with Crippen molar-refractivity contribution in [1.29, 1.82) is 0 Å². The Morgan fingerprint density at radius 2 is 1.97 bits per heavy atom. The van der Waals surface area contributed by atoms with Crippen LogP contribution in [-0.2, 0) is 6.54 Å². The third-order valence-electron chi connectivity index (χ3n) is 6.06. The molecule has 0 saturated carbocycles. The molecule has 3 aromatic heterocycles. The monoisotopic (exact) mass is 483 g/mol. The number of aryl methyl sites for hydroxylation is 1. The number of nitrogens with zero attached hydrogens (tertiary/aromatic N) is 5. The fourth-order valence-corrected chi connectivity index (χ4v) is 4.67. The number of anilines is 1. The zero-order valence-corrected chi connectivity index (χ0v) is 19.5. The van der Waals surface area contributed by atoms with Crippen LogP contribution in [0.4, 0.5) is 10.1 Å². The van der Waals surface area contributed by atoms with Gasteiger partial charge in [0.15, 0.2) is 11.0 Å². The molecule has 11 heteroatoms. The summed E-state index contributed by atoms with van der Waals surface area (Å²) in [5, 5.41) is 7.10. The lowest BCUT2D eigenvalue weighted by atomic mass is 10.1. The Balaban J connectivity index is 1.32. The van der Waals surface area contributed by atoms with Crippen molar-refractivity contribution >= 4 is 39.7 Å². The maximum Gasteiger partial charge on any atom is 0.274 e. The molecule has 5 rings (SSSR count). The van der Waals surface area contributed by atoms with E-state index in [4.69, 9.17) is 11.6 Å². The van der Waals surface area contributed by atoms with Crippen molar-refractivity contribution in [3.05, 3.63) is 68.6 Å². The Hall–Kier alpha value is -3.50. The summed E-state index contributed by atoms with van der Waals surface area (Å²) in [7, 11) is 1.54. The molecule has 1 aromatic carbocycles. The number of hydrogen-bond acceptors (Lipinski definition) is 6. The van der Waals surface area contributed by atoms with E-state index in [1.165, 1.54) is 10.6 Å². The standard InChI is InChI=1S/C23H23ClFN7O2/c1-13-9-19-23(34)28-17-11-14(10-15(25)20(17)32(19)29-13)12-30-5-7-31(8-6-30)18-4-3-16(22(33)26-2)27-21(18)24/h3-4,9-11H,5-8,12H2,1-2H3,(H,26,33)(H,28,34). The van der Waals surface area contributed by atoms with Crippen molar-refractivity contribution in [2.75, 3.05) is 38.1 Å². The van der Waals surface area contributed by atoms with E-state index in [0.29, 0.717) is 36.4 Å². The average Bonchev–Trinajstić information content (AvgIpc) is 3.20. The number of pyridine rings is 1. The van der Waals surface area contributed by atoms with Gasteiger partial charge < -0.3 is 15.2 Å². The number of aromatic amines is 1. The van der Waals surface area contributed by atoms with Gasteiger partial charge in [-0.2, -0.15) is 5.10 Å². The minimum atomic E-state index is -0.426. The molecule has 1 fully saturated rings. The molecule has 4 aromatic rings. The fraction of sp³-hybridized carbons (Fsp3) is 0.304. The number of carbonyl (C=O) groups excluding carboxylic acids is 1. The van der Waals surface area contributed by atoms with Gasteiger partial charge in [-0.15, -0.1) is 0 Å². The topological polar surface area (TPSA) is 98.6 Å². The summed E-state index contributed by atoms with van der Waals surface area (Å²) < 4.78 is 16.4. The molecule has 34 heavy (non-hydrogen) atoms. The van der Waals surface area contributed by atoms with Crippen LogP contribution in [-0.4, -0.2) is 63.6 Å². The molecule has 1 amide bonds. The Labute approximate surface area is 199 Å². The smallest absolute Gasteiger partial charge is 0.274 e. The van der Waals surface area contributed by atoms with Crippen molar-refractivity contribution in [2.45, 2.75) is 13.5 Å². The molecule has 176 valence electrons. The molecule has 4 heterocycles. The van der Waals surface area contributed by atoms with Crippen molar-refractivity contribution in [2.24, 2.45) is 0 Å². The largest absolute Gasteiger partial charge is 0.366 e. The van der Waals surface area contributed by atoms with Crippen LogP contribution in [0.15, 0.2) is 35.1 Å². The Morgan fingerprint density at radius 1 is 1.21 bits per heavy atom. The van der Waals surface area contributed by atoms with E-state index in [2.05, 4.69) is 30.2 Å². The van der Waals surface area contributed by atoms with Crippen LogP contribution >= 0.6 is 11.6 Å². The number of aromatic nitrogens is 4. The van der Waals surface area contributed by atoms with Gasteiger partial charge in [-0.1, -0.05) is 11.6 Å². The minimum absolute atomic E-state index is 0.263. The number of benzene rings is 1. The number of amides is 1. The van der Waals surface area contributed by atoms with E-state index < -0.39 is 5.82 Å². The summed E-state index contributed by atoms with van der Waals surface area (Å²) >= 11 is 6.33. The van der Waals surface area contributed by atoms with Gasteiger partial charge in [0.05, 0.1) is 16.9 Å². The molecule has 9 nitrogen and oxygen atoms in total. The number of rotatable bonds is 4. The van der Waals surface area contributed by atoms with Crippen LogP contribution in [0.25, 0.3) is 16.6 Å². The van der Waals surface area contributed by atoms with E-state index >= 15 is 4.39 Å². The summed E-state index contributed by atoms with van der Waals surface area (Å²) in [6.45, 7) is 5.20. The lowest BCUT2D eigenvalue weighted by Gasteiger charge is -2.36. The van der Waals surface area contributed by atoms with Gasteiger partial charge in [-0.25, -0.2) is 13.9 Å². The summed E-state index contributed by atoms with van der Waals surface area (Å²) in [6, 6.07) is 8.41. The van der Waals surface area contributed by atoms with Crippen LogP contribution in [0.1, 0.15) is 21.7 Å². The SMILES string of the molecule is CNC(=O)c1ccc(N2CCN(Cc3cc(F)c4c(c3)[nH]c(=O)c3cc(C)nn34)CC2)c(Cl)n1. The first-order valence-electron chi connectivity index (χ1n) is 10.9. The van der Waals surface area contributed by atoms with Gasteiger partial charge in [-0.05, 0) is 42.8 Å². The quantitative estimate of drug-likeness (QED) is 0.432. The molecular weight excluding hydrogens is 461 g/mol. The summed E-state index contributed by atoms with van der Waals surface area (Å²) in [5.74, 6) is -0.713. The molecule has 0 atom stereocenters. The van der Waals surface area contributed by atoms with Gasteiger partial charge in [0, 0.05) is 39.8 Å². The molecule has 0 aliphatic carbocycles. The average molecular weight is 484 g/mol. The highest BCUT2D eigenvalue weighted by atomic mass is 35.5. The van der Waals surface area contributed by atoms with Crippen LogP contribution in [0.5, 0.6) is 0 Å². The highest BCUT2D eigenvalue weighted by Crippen LogP contribution is 2.26. The Bertz CT molecular complexity index is 1470. The Kier molecular flexibility index (Phi) is 5.70. The predicted octanol–water partition coefficient (Wildman–Crippen LogP) is 2.35. The zero-order valence-electron chi connectivity index (χ0n) is 18.7. The van der Waals surface area contributed by atoms with Gasteiger partial charge in [0.1, 0.15) is 16.7 Å². The zero-order chi connectivity index (χ0) is 24.0. The van der Waals surface area contributed by atoms with E-state index in [1.54, 1.807) is 32.2 Å². The number of nitrogens with one attached hydrogen (secondary N) is 2. The molecule has 2 N–H and O–H groups in total. The van der Waals surface area contributed by atoms with Gasteiger partial charge >= 0.3 is 0 Å². The molecule has 0 spiro atoms. The number of carbonyl (C=O) groups is 1. The van der Waals surface area contributed by atoms with E-state index in [1.807, 2.05) is 6.07 Å². The first-order valence-corrected chi connectivity index (χ1v) is 11.3. The number of hydrogen-bond donors (Lipinski definition) is 2. The maximum absolute atomic E-state index is 15.1. The molecular formula is C23H23ClFN7O2. The summed E-state index contributed by atoms with van der Waals surface area (Å²) in [6.07, 6.45) is 0. The molecule has 1 saturated heterocycles. The normalized spacial score (nSPS) is 14.8. The molecule has 1 aliphatic rings. The van der Waals surface area contributed by atoms with Gasteiger partial charge in [-0.3, -0.25) is 14.5 Å². The Morgan fingerprint density at radius 3 is 2.68 bits per heavy atom. The van der Waals surface area contributed by atoms with E-state index in [-0.39, 0.29) is 27.8 Å².